The Morgan fingerprint density at radius 1 is 1.03 bits per heavy atom. The number of aromatic nitrogens is 5. The Hall–Kier alpha value is -3.82. The van der Waals surface area contributed by atoms with E-state index in [-0.39, 0.29) is 0 Å². The number of pyridine rings is 1. The van der Waals surface area contributed by atoms with Gasteiger partial charge in [0.15, 0.2) is 10.8 Å². The molecule has 0 radical (unpaired) electrons. The largest absolute Gasteiger partial charge is 0.383 e. The van der Waals surface area contributed by atoms with Gasteiger partial charge in [-0.25, -0.2) is 9.97 Å². The van der Waals surface area contributed by atoms with Gasteiger partial charge in [-0.15, -0.1) is 11.3 Å². The molecular weight excluding hydrogens is 494 g/mol. The molecule has 0 saturated carbocycles. The number of thiazole rings is 1. The normalized spacial score (nSPS) is 11.3. The zero-order valence-electron chi connectivity index (χ0n) is 22.7. The van der Waals surface area contributed by atoms with Crippen LogP contribution in [-0.4, -0.2) is 51.9 Å². The van der Waals surface area contributed by atoms with Gasteiger partial charge in [0.25, 0.3) is 0 Å². The van der Waals surface area contributed by atoms with Crippen LogP contribution in [0.2, 0.25) is 0 Å². The van der Waals surface area contributed by atoms with E-state index in [9.17, 15) is 0 Å². The van der Waals surface area contributed by atoms with Crippen molar-refractivity contribution in [1.82, 2.24) is 24.6 Å². The molecule has 8 nitrogen and oxygen atoms in total. The molecule has 4 aromatic heterocycles. The van der Waals surface area contributed by atoms with Crippen molar-refractivity contribution < 1.29 is 4.74 Å². The number of ether oxygens (including phenoxy) is 1. The number of nitrogens with one attached hydrogen (secondary N) is 1. The van der Waals surface area contributed by atoms with Crippen LogP contribution in [0.4, 0.5) is 10.9 Å². The molecule has 0 aliphatic heterocycles. The monoisotopic (exact) mass is 527 g/mol. The zero-order valence-corrected chi connectivity index (χ0v) is 23.6. The molecule has 0 amide bonds. The predicted octanol–water partition coefficient (Wildman–Crippen LogP) is 5.84. The smallest absolute Gasteiger partial charge is 0.182 e. The second-order valence-corrected chi connectivity index (χ2v) is 10.3. The summed E-state index contributed by atoms with van der Waals surface area (Å²) in [5.74, 6) is 0.985. The predicted molar refractivity (Wildman–Crippen MR) is 155 cm³/mol. The van der Waals surface area contributed by atoms with Crippen molar-refractivity contribution in [3.05, 3.63) is 76.2 Å². The van der Waals surface area contributed by atoms with Gasteiger partial charge in [-0.3, -0.25) is 4.98 Å². The molecule has 1 aromatic carbocycles. The fourth-order valence-corrected chi connectivity index (χ4v) is 5.40. The lowest BCUT2D eigenvalue weighted by Crippen LogP contribution is -2.29. The third-order valence-corrected chi connectivity index (χ3v) is 7.48. The lowest BCUT2D eigenvalue weighted by molar-refractivity contribution is 0.204. The second-order valence-electron chi connectivity index (χ2n) is 9.49. The Morgan fingerprint density at radius 3 is 2.50 bits per heavy atom. The molecule has 0 spiro atoms. The molecule has 196 valence electrons. The Balaban J connectivity index is 1.53. The summed E-state index contributed by atoms with van der Waals surface area (Å²) in [5.41, 5.74) is 10.2. The average Bonchev–Trinajstić information content (AvgIpc) is 3.51. The van der Waals surface area contributed by atoms with Gasteiger partial charge in [-0.05, 0) is 44.9 Å². The van der Waals surface area contributed by atoms with Gasteiger partial charge < -0.3 is 15.0 Å². The quantitative estimate of drug-likeness (QED) is 0.258. The number of benzene rings is 1. The van der Waals surface area contributed by atoms with Gasteiger partial charge in [0.1, 0.15) is 5.82 Å². The van der Waals surface area contributed by atoms with Crippen molar-refractivity contribution in [2.24, 2.45) is 0 Å². The molecular formula is C29H33N7OS. The number of anilines is 2. The molecule has 0 saturated heterocycles. The van der Waals surface area contributed by atoms with Crippen molar-refractivity contribution >= 4 is 27.9 Å². The number of nitrogens with zero attached hydrogens (tertiary/aromatic N) is 6. The summed E-state index contributed by atoms with van der Waals surface area (Å²) in [7, 11) is 3.62. The van der Waals surface area contributed by atoms with Crippen LogP contribution >= 0.6 is 11.3 Å². The highest BCUT2D eigenvalue weighted by molar-refractivity contribution is 7.14. The highest BCUT2D eigenvalue weighted by atomic mass is 32.1. The molecule has 9 heteroatoms. The third kappa shape index (κ3) is 5.12. The lowest BCUT2D eigenvalue weighted by atomic mass is 10.0. The molecule has 4 heterocycles. The summed E-state index contributed by atoms with van der Waals surface area (Å²) < 4.78 is 7.45. The fourth-order valence-electron chi connectivity index (χ4n) is 4.72. The number of hydrogen-bond acceptors (Lipinski definition) is 8. The molecule has 0 fully saturated rings. The fraction of sp³-hybridized carbons (Fsp3) is 0.310. The minimum absolute atomic E-state index is 0.598. The SMILES string of the molecule is CNc1nc(-c2ccc(CN(CCOC)c3cc(C)nc4c(-c5cnc(C)cc5C)c(C)nn34)cc2)cs1. The van der Waals surface area contributed by atoms with Crippen LogP contribution in [0.1, 0.15) is 28.2 Å². The van der Waals surface area contributed by atoms with E-state index in [0.29, 0.717) is 19.7 Å². The van der Waals surface area contributed by atoms with E-state index in [2.05, 4.69) is 68.9 Å². The standard InChI is InChI=1S/C29H33N7OS/c1-18-13-19(2)31-15-24(18)27-21(4)34-36-26(14-20(3)32-28(27)36)35(11-12-37-6)16-22-7-9-23(10-8-22)25-17-38-29(30-5)33-25/h7-10,13-15,17H,11-12,16H2,1-6H3,(H,30,33). The maximum absolute atomic E-state index is 5.48. The van der Waals surface area contributed by atoms with Crippen LogP contribution in [-0.2, 0) is 11.3 Å². The van der Waals surface area contributed by atoms with Crippen LogP contribution in [0, 0.1) is 27.7 Å². The Labute approximate surface area is 227 Å². The lowest BCUT2D eigenvalue weighted by Gasteiger charge is -2.25. The van der Waals surface area contributed by atoms with Crippen LogP contribution in [0.5, 0.6) is 0 Å². The minimum atomic E-state index is 0.598. The van der Waals surface area contributed by atoms with Crippen molar-refractivity contribution in [3.8, 4) is 22.4 Å². The van der Waals surface area contributed by atoms with Gasteiger partial charge in [0, 0.05) is 67.4 Å². The van der Waals surface area contributed by atoms with E-state index in [1.54, 1.807) is 18.4 Å². The van der Waals surface area contributed by atoms with Crippen LogP contribution in [0.3, 0.4) is 0 Å². The first-order valence-electron chi connectivity index (χ1n) is 12.6. The Kier molecular flexibility index (Phi) is 7.40. The summed E-state index contributed by atoms with van der Waals surface area (Å²) in [4.78, 5) is 16.4. The highest BCUT2D eigenvalue weighted by Crippen LogP contribution is 2.33. The second kappa shape index (κ2) is 10.9. The van der Waals surface area contributed by atoms with Gasteiger partial charge in [0.05, 0.1) is 23.6 Å². The third-order valence-electron chi connectivity index (χ3n) is 6.62. The molecule has 0 bridgehead atoms. The van der Waals surface area contributed by atoms with Crippen molar-refractivity contribution in [1.29, 1.82) is 0 Å². The molecule has 0 aliphatic rings. The first kappa shape index (κ1) is 25.8. The van der Waals surface area contributed by atoms with E-state index < -0.39 is 0 Å². The first-order valence-corrected chi connectivity index (χ1v) is 13.5. The van der Waals surface area contributed by atoms with E-state index in [0.717, 1.165) is 56.1 Å². The summed E-state index contributed by atoms with van der Waals surface area (Å²) >= 11 is 1.61. The maximum Gasteiger partial charge on any atom is 0.182 e. The molecule has 38 heavy (non-hydrogen) atoms. The Morgan fingerprint density at radius 2 is 1.82 bits per heavy atom. The number of rotatable bonds is 9. The number of hydrogen-bond donors (Lipinski definition) is 1. The summed E-state index contributed by atoms with van der Waals surface area (Å²) in [5, 5.41) is 11.1. The van der Waals surface area contributed by atoms with Crippen molar-refractivity contribution in [3.63, 3.8) is 0 Å². The van der Waals surface area contributed by atoms with E-state index in [1.165, 1.54) is 11.1 Å². The van der Waals surface area contributed by atoms with E-state index >= 15 is 0 Å². The van der Waals surface area contributed by atoms with Gasteiger partial charge in [0.2, 0.25) is 0 Å². The number of aryl methyl sites for hydroxylation is 4. The molecule has 1 N–H and O–H groups in total. The van der Waals surface area contributed by atoms with Crippen LogP contribution in [0.25, 0.3) is 28.0 Å². The minimum Gasteiger partial charge on any atom is -0.383 e. The number of fused-ring (bicyclic) bond motifs is 1. The first-order chi connectivity index (χ1) is 18.4. The average molecular weight is 528 g/mol. The van der Waals surface area contributed by atoms with Crippen molar-refractivity contribution in [2.75, 3.05) is 37.5 Å². The summed E-state index contributed by atoms with van der Waals surface area (Å²) in [6, 6.07) is 12.8. The Bertz CT molecular complexity index is 1570. The van der Waals surface area contributed by atoms with Gasteiger partial charge >= 0.3 is 0 Å². The van der Waals surface area contributed by atoms with Gasteiger partial charge in [-0.2, -0.15) is 9.61 Å². The molecule has 5 rings (SSSR count). The maximum atomic E-state index is 5.48. The summed E-state index contributed by atoms with van der Waals surface area (Å²) in [6.07, 6.45) is 1.93. The van der Waals surface area contributed by atoms with E-state index in [1.807, 2.05) is 38.5 Å². The van der Waals surface area contributed by atoms with Gasteiger partial charge in [-0.1, -0.05) is 24.3 Å². The van der Waals surface area contributed by atoms with Crippen LogP contribution < -0.4 is 10.2 Å². The van der Waals surface area contributed by atoms with E-state index in [4.69, 9.17) is 14.8 Å². The number of methoxy groups -OCH3 is 1. The van der Waals surface area contributed by atoms with Crippen LogP contribution in [0.15, 0.2) is 48.0 Å². The zero-order chi connectivity index (χ0) is 26.8. The molecule has 5 aromatic rings. The summed E-state index contributed by atoms with van der Waals surface area (Å²) in [6.45, 7) is 10.2. The highest BCUT2D eigenvalue weighted by Gasteiger charge is 2.21. The van der Waals surface area contributed by atoms with Crippen molar-refractivity contribution in [2.45, 2.75) is 34.2 Å². The molecule has 0 unspecified atom stereocenters. The molecule has 0 aliphatic carbocycles. The topological polar surface area (TPSA) is 80.5 Å². The molecule has 0 atom stereocenters.